The van der Waals surface area contributed by atoms with Crippen LogP contribution in [-0.2, 0) is 11.0 Å². The molecule has 1 aromatic carbocycles. The first-order valence-corrected chi connectivity index (χ1v) is 5.97. The lowest BCUT2D eigenvalue weighted by atomic mass is 10.1. The number of likely N-dealkylation sites (N-methyl/N-ethyl adjacent to an activating group) is 1. The van der Waals surface area contributed by atoms with Gasteiger partial charge in [-0.3, -0.25) is 9.59 Å². The minimum absolute atomic E-state index is 0.113. The van der Waals surface area contributed by atoms with Crippen LogP contribution in [0.3, 0.4) is 0 Å². The molecule has 0 aliphatic heterocycles. The van der Waals surface area contributed by atoms with Crippen LogP contribution in [0.5, 0.6) is 0 Å². The molecular weight excluding hydrogens is 303 g/mol. The number of hydrogen-bond donors (Lipinski definition) is 0. The summed E-state index contributed by atoms with van der Waals surface area (Å²) in [6.45, 7) is 0. The van der Waals surface area contributed by atoms with Crippen molar-refractivity contribution in [2.45, 2.75) is 6.18 Å². The fourth-order valence-electron chi connectivity index (χ4n) is 1.55. The SMILES string of the molecule is CN(C)C(=O)C(=O)c1ccc(-c2noc(C(F)(F)F)n2)cc1. The molecule has 0 aliphatic carbocycles. The van der Waals surface area contributed by atoms with E-state index in [0.717, 1.165) is 4.90 Å². The fourth-order valence-corrected chi connectivity index (χ4v) is 1.55. The van der Waals surface area contributed by atoms with Crippen molar-refractivity contribution in [3.05, 3.63) is 35.7 Å². The van der Waals surface area contributed by atoms with E-state index in [9.17, 15) is 22.8 Å². The molecule has 6 nitrogen and oxygen atoms in total. The molecule has 116 valence electrons. The third-order valence-electron chi connectivity index (χ3n) is 2.67. The van der Waals surface area contributed by atoms with E-state index in [1.807, 2.05) is 0 Å². The van der Waals surface area contributed by atoms with Gasteiger partial charge in [0.15, 0.2) is 0 Å². The minimum atomic E-state index is -4.72. The van der Waals surface area contributed by atoms with Crippen molar-refractivity contribution in [1.82, 2.24) is 15.0 Å². The van der Waals surface area contributed by atoms with Gasteiger partial charge in [-0.15, -0.1) is 0 Å². The molecule has 0 saturated carbocycles. The van der Waals surface area contributed by atoms with Crippen molar-refractivity contribution in [2.75, 3.05) is 14.1 Å². The second-order valence-electron chi connectivity index (χ2n) is 4.53. The van der Waals surface area contributed by atoms with Crippen LogP contribution in [0.25, 0.3) is 11.4 Å². The maximum Gasteiger partial charge on any atom is 0.471 e. The number of benzene rings is 1. The van der Waals surface area contributed by atoms with E-state index in [0.29, 0.717) is 0 Å². The first-order valence-electron chi connectivity index (χ1n) is 5.97. The smallest absolute Gasteiger partial charge is 0.342 e. The molecule has 0 aliphatic rings. The van der Waals surface area contributed by atoms with Crippen molar-refractivity contribution in [3.8, 4) is 11.4 Å². The molecule has 22 heavy (non-hydrogen) atoms. The molecule has 0 bridgehead atoms. The molecule has 0 spiro atoms. The number of alkyl halides is 3. The quantitative estimate of drug-likeness (QED) is 0.640. The number of Topliss-reactive ketones (excluding diaryl/α,β-unsaturated/α-hetero) is 1. The number of carbonyl (C=O) groups is 2. The van der Waals surface area contributed by atoms with Gasteiger partial charge in [0.1, 0.15) is 0 Å². The normalized spacial score (nSPS) is 11.3. The van der Waals surface area contributed by atoms with Gasteiger partial charge in [0.05, 0.1) is 0 Å². The standard InChI is InChI=1S/C13H10F3N3O3/c1-19(2)11(21)9(20)7-3-5-8(6-4-7)10-17-12(22-18-10)13(14,15)16/h3-6H,1-2H3. The second-order valence-corrected chi connectivity index (χ2v) is 4.53. The summed E-state index contributed by atoms with van der Waals surface area (Å²) in [4.78, 5) is 27.7. The van der Waals surface area contributed by atoms with Crippen LogP contribution in [0.15, 0.2) is 28.8 Å². The summed E-state index contributed by atoms with van der Waals surface area (Å²) in [6.07, 6.45) is -4.72. The molecule has 0 saturated heterocycles. The number of ketones is 1. The molecule has 1 aromatic heterocycles. The minimum Gasteiger partial charge on any atom is -0.342 e. The van der Waals surface area contributed by atoms with E-state index in [4.69, 9.17) is 0 Å². The van der Waals surface area contributed by atoms with Gasteiger partial charge in [-0.1, -0.05) is 29.4 Å². The Kier molecular flexibility index (Phi) is 3.98. The van der Waals surface area contributed by atoms with Gasteiger partial charge >= 0.3 is 12.1 Å². The Bertz CT molecular complexity index is 705. The lowest BCUT2D eigenvalue weighted by Gasteiger charge is -2.08. The molecular formula is C13H10F3N3O3. The molecule has 2 rings (SSSR count). The van der Waals surface area contributed by atoms with Crippen molar-refractivity contribution >= 4 is 11.7 Å². The summed E-state index contributed by atoms with van der Waals surface area (Å²) in [7, 11) is 2.87. The summed E-state index contributed by atoms with van der Waals surface area (Å²) >= 11 is 0. The lowest BCUT2D eigenvalue weighted by molar-refractivity contribution is -0.159. The molecule has 0 fully saturated rings. The Balaban J connectivity index is 2.24. The molecule has 1 heterocycles. The third kappa shape index (κ3) is 3.13. The number of aromatic nitrogens is 2. The highest BCUT2D eigenvalue weighted by molar-refractivity contribution is 6.42. The van der Waals surface area contributed by atoms with Crippen LogP contribution >= 0.6 is 0 Å². The Morgan fingerprint density at radius 2 is 1.73 bits per heavy atom. The zero-order valence-corrected chi connectivity index (χ0v) is 11.5. The molecule has 0 radical (unpaired) electrons. The molecule has 1 amide bonds. The van der Waals surface area contributed by atoms with Gasteiger partial charge in [0, 0.05) is 25.2 Å². The van der Waals surface area contributed by atoms with Gasteiger partial charge in [-0.25, -0.2) is 0 Å². The monoisotopic (exact) mass is 313 g/mol. The zero-order chi connectivity index (χ0) is 16.5. The summed E-state index contributed by atoms with van der Waals surface area (Å²) < 4.78 is 41.2. The van der Waals surface area contributed by atoms with E-state index in [1.165, 1.54) is 38.4 Å². The maximum atomic E-state index is 12.4. The van der Waals surface area contributed by atoms with Gasteiger partial charge in [-0.2, -0.15) is 18.2 Å². The summed E-state index contributed by atoms with van der Waals surface area (Å²) in [6, 6.07) is 5.29. The predicted molar refractivity (Wildman–Crippen MR) is 67.8 cm³/mol. The topological polar surface area (TPSA) is 76.3 Å². The van der Waals surface area contributed by atoms with E-state index < -0.39 is 23.8 Å². The second kappa shape index (κ2) is 5.58. The lowest BCUT2D eigenvalue weighted by Crippen LogP contribution is -2.29. The van der Waals surface area contributed by atoms with Gasteiger partial charge in [0.2, 0.25) is 11.6 Å². The average Bonchev–Trinajstić information content (AvgIpc) is 2.95. The van der Waals surface area contributed by atoms with E-state index in [1.54, 1.807) is 0 Å². The molecule has 0 unspecified atom stereocenters. The van der Waals surface area contributed by atoms with Crippen LogP contribution < -0.4 is 0 Å². The van der Waals surface area contributed by atoms with Crippen molar-refractivity contribution in [2.24, 2.45) is 0 Å². The van der Waals surface area contributed by atoms with E-state index in [2.05, 4.69) is 14.7 Å². The van der Waals surface area contributed by atoms with Gasteiger partial charge < -0.3 is 9.42 Å². The average molecular weight is 313 g/mol. The summed E-state index contributed by atoms with van der Waals surface area (Å²) in [5, 5.41) is 3.22. The fraction of sp³-hybridized carbons (Fsp3) is 0.231. The van der Waals surface area contributed by atoms with Crippen molar-refractivity contribution < 1.29 is 27.3 Å². The Labute approximate surface area is 122 Å². The Morgan fingerprint density at radius 1 is 1.14 bits per heavy atom. The predicted octanol–water partition coefficient (Wildman–Crippen LogP) is 2.03. The van der Waals surface area contributed by atoms with Crippen LogP contribution in [0.4, 0.5) is 13.2 Å². The van der Waals surface area contributed by atoms with E-state index >= 15 is 0 Å². The highest BCUT2D eigenvalue weighted by Crippen LogP contribution is 2.29. The first kappa shape index (κ1) is 15.7. The number of carbonyl (C=O) groups excluding carboxylic acids is 2. The number of amides is 1. The first-order chi connectivity index (χ1) is 10.2. The van der Waals surface area contributed by atoms with Crippen LogP contribution in [0.1, 0.15) is 16.2 Å². The van der Waals surface area contributed by atoms with Gasteiger partial charge in [-0.05, 0) is 0 Å². The van der Waals surface area contributed by atoms with E-state index in [-0.39, 0.29) is 17.0 Å². The number of nitrogens with zero attached hydrogens (tertiary/aromatic N) is 3. The number of rotatable bonds is 3. The Morgan fingerprint density at radius 3 is 2.18 bits per heavy atom. The summed E-state index contributed by atoms with van der Waals surface area (Å²) in [5.74, 6) is -3.14. The third-order valence-corrected chi connectivity index (χ3v) is 2.67. The number of halogens is 3. The zero-order valence-electron chi connectivity index (χ0n) is 11.5. The maximum absolute atomic E-state index is 12.4. The summed E-state index contributed by atoms with van der Waals surface area (Å²) in [5.41, 5.74) is 0.343. The van der Waals surface area contributed by atoms with Gasteiger partial charge in [0.25, 0.3) is 5.91 Å². The Hall–Kier alpha value is -2.71. The van der Waals surface area contributed by atoms with Crippen LogP contribution in [-0.4, -0.2) is 40.8 Å². The number of hydrogen-bond acceptors (Lipinski definition) is 5. The highest BCUT2D eigenvalue weighted by atomic mass is 19.4. The largest absolute Gasteiger partial charge is 0.471 e. The molecule has 9 heteroatoms. The molecule has 2 aromatic rings. The van der Waals surface area contributed by atoms with Crippen LogP contribution in [0, 0.1) is 0 Å². The van der Waals surface area contributed by atoms with Crippen molar-refractivity contribution in [3.63, 3.8) is 0 Å². The van der Waals surface area contributed by atoms with Crippen molar-refractivity contribution in [1.29, 1.82) is 0 Å². The highest BCUT2D eigenvalue weighted by Gasteiger charge is 2.38. The molecule has 0 atom stereocenters. The van der Waals surface area contributed by atoms with Crippen LogP contribution in [0.2, 0.25) is 0 Å². The molecule has 0 N–H and O–H groups in total.